The van der Waals surface area contributed by atoms with Crippen LogP contribution in [0.4, 0.5) is 5.13 Å². The van der Waals surface area contributed by atoms with Crippen LogP contribution in [0.2, 0.25) is 10.0 Å². The Kier molecular flexibility index (Phi) is 10.4. The van der Waals surface area contributed by atoms with Crippen LogP contribution in [0, 0.1) is 13.8 Å². The van der Waals surface area contributed by atoms with Gasteiger partial charge in [-0.2, -0.15) is 0 Å². The number of amides is 1. The van der Waals surface area contributed by atoms with E-state index in [1.165, 1.54) is 28.0 Å². The Hall–Kier alpha value is -3.94. The van der Waals surface area contributed by atoms with Crippen molar-refractivity contribution >= 4 is 74.5 Å². The number of nitrogens with zero attached hydrogens (tertiary/aromatic N) is 4. The van der Waals surface area contributed by atoms with E-state index in [1.54, 1.807) is 44.2 Å². The van der Waals surface area contributed by atoms with Gasteiger partial charge in [-0.15, -0.1) is 21.5 Å². The Bertz CT molecular complexity index is 2030. The van der Waals surface area contributed by atoms with Gasteiger partial charge in [0, 0.05) is 15.8 Å². The maximum absolute atomic E-state index is 14.1. The van der Waals surface area contributed by atoms with Crippen LogP contribution in [0.3, 0.4) is 0 Å². The number of carbonyl (C=O) groups excluding carboxylic acids is 2. The predicted molar refractivity (Wildman–Crippen MR) is 190 cm³/mol. The fraction of sp³-hybridized carbons (Fsp3) is 0.206. The third kappa shape index (κ3) is 7.08. The number of aromatic nitrogens is 3. The Balaban J connectivity index is 1.37. The summed E-state index contributed by atoms with van der Waals surface area (Å²) in [4.78, 5) is 34.0. The number of aryl methyl sites for hydroxylation is 2. The maximum atomic E-state index is 14.1. The highest BCUT2D eigenvalue weighted by atomic mass is 35.5. The van der Waals surface area contributed by atoms with E-state index in [1.807, 2.05) is 43.3 Å². The predicted octanol–water partition coefficient (Wildman–Crippen LogP) is 8.97. The average molecular weight is 740 g/mol. The molecule has 2 aromatic heterocycles. The summed E-state index contributed by atoms with van der Waals surface area (Å²) in [5.74, 6) is -0.509. The van der Waals surface area contributed by atoms with Crippen molar-refractivity contribution in [1.82, 2.24) is 15.2 Å². The molecule has 1 atom stereocenters. The van der Waals surface area contributed by atoms with Gasteiger partial charge in [0.2, 0.25) is 10.9 Å². The Labute approximate surface area is 299 Å². The molecule has 0 radical (unpaired) electrons. The van der Waals surface area contributed by atoms with Crippen LogP contribution in [-0.4, -0.2) is 38.6 Å². The lowest BCUT2D eigenvalue weighted by atomic mass is 9.95. The summed E-state index contributed by atoms with van der Waals surface area (Å²) in [6.45, 7) is 6.04. The molecule has 48 heavy (non-hydrogen) atoms. The first-order valence-electron chi connectivity index (χ1n) is 14.7. The first-order chi connectivity index (χ1) is 23.1. The van der Waals surface area contributed by atoms with Crippen LogP contribution >= 0.6 is 57.6 Å². The van der Waals surface area contributed by atoms with E-state index in [0.29, 0.717) is 66.0 Å². The number of benzene rings is 3. The molecule has 1 N–H and O–H groups in total. The van der Waals surface area contributed by atoms with Gasteiger partial charge < -0.3 is 14.6 Å². The molecule has 1 aliphatic rings. The van der Waals surface area contributed by atoms with Crippen LogP contribution in [-0.2, 0) is 17.2 Å². The summed E-state index contributed by atoms with van der Waals surface area (Å²) in [5, 5.41) is 21.9. The van der Waals surface area contributed by atoms with Gasteiger partial charge in [0.05, 0.1) is 33.8 Å². The van der Waals surface area contributed by atoms with Crippen molar-refractivity contribution < 1.29 is 24.2 Å². The minimum Gasteiger partial charge on any atom is -0.503 e. The van der Waals surface area contributed by atoms with Gasteiger partial charge in [0.15, 0.2) is 21.6 Å². The highest BCUT2D eigenvalue weighted by Crippen LogP contribution is 2.46. The third-order valence-electron chi connectivity index (χ3n) is 7.35. The molecule has 0 saturated heterocycles. The number of ether oxygens (including phenoxy) is 2. The van der Waals surface area contributed by atoms with Gasteiger partial charge in [-0.25, -0.2) is 4.98 Å². The number of hydrogen-bond acceptors (Lipinski definition) is 11. The fourth-order valence-electron chi connectivity index (χ4n) is 5.17. The van der Waals surface area contributed by atoms with Crippen LogP contribution in [0.15, 0.2) is 82.4 Å². The SMILES string of the molecule is CCOc1cc(C2C(C(=O)c3sc(C)nc3C)=C(O)C(=O)N2c2nnc(SCc3ccc(Cl)cc3Cl)s2)ccc1OCc1ccccc1. The second-order valence-electron chi connectivity index (χ2n) is 10.6. The van der Waals surface area contributed by atoms with Gasteiger partial charge >= 0.3 is 0 Å². The molecule has 0 bridgehead atoms. The van der Waals surface area contributed by atoms with Crippen molar-refractivity contribution in [3.8, 4) is 11.5 Å². The van der Waals surface area contributed by atoms with Crippen LogP contribution in [0.5, 0.6) is 11.5 Å². The molecule has 9 nitrogen and oxygen atoms in total. The largest absolute Gasteiger partial charge is 0.503 e. The second-order valence-corrected chi connectivity index (χ2v) is 14.8. The molecular weight excluding hydrogens is 712 g/mol. The highest BCUT2D eigenvalue weighted by Gasteiger charge is 2.47. The molecule has 1 amide bonds. The molecule has 0 spiro atoms. The van der Waals surface area contributed by atoms with Gasteiger partial charge in [0.1, 0.15) is 6.61 Å². The Morgan fingerprint density at radius 3 is 2.50 bits per heavy atom. The molecule has 3 heterocycles. The van der Waals surface area contributed by atoms with Gasteiger partial charge in [-0.3, -0.25) is 14.5 Å². The van der Waals surface area contributed by atoms with Crippen LogP contribution in [0.1, 0.15) is 50.0 Å². The van der Waals surface area contributed by atoms with Gasteiger partial charge in [0.25, 0.3) is 5.91 Å². The third-order valence-corrected chi connectivity index (χ3v) is 11.1. The van der Waals surface area contributed by atoms with E-state index in [4.69, 9.17) is 32.7 Å². The summed E-state index contributed by atoms with van der Waals surface area (Å²) in [7, 11) is 0. The number of carbonyl (C=O) groups is 2. The molecule has 1 aliphatic heterocycles. The van der Waals surface area contributed by atoms with Crippen molar-refractivity contribution in [2.75, 3.05) is 11.5 Å². The molecule has 0 saturated carbocycles. The molecule has 6 rings (SSSR count). The van der Waals surface area contributed by atoms with Crippen LogP contribution in [0.25, 0.3) is 0 Å². The number of hydrogen-bond donors (Lipinski definition) is 1. The quantitative estimate of drug-likeness (QED) is 0.0761. The number of Topliss-reactive ketones (excluding diaryl/α,β-unsaturated/α-hetero) is 1. The zero-order valence-corrected chi connectivity index (χ0v) is 29.9. The number of anilines is 1. The van der Waals surface area contributed by atoms with E-state index in [2.05, 4.69) is 15.2 Å². The molecule has 246 valence electrons. The van der Waals surface area contributed by atoms with Crippen molar-refractivity contribution in [3.63, 3.8) is 0 Å². The number of rotatable bonds is 12. The molecule has 3 aromatic carbocycles. The van der Waals surface area contributed by atoms with E-state index in [0.717, 1.165) is 22.5 Å². The molecular formula is C34H28Cl2N4O5S3. The normalized spacial score (nSPS) is 14.6. The number of aliphatic hydroxyl groups is 1. The summed E-state index contributed by atoms with van der Waals surface area (Å²) >= 11 is 16.2. The molecule has 0 aliphatic carbocycles. The fourth-order valence-corrected chi connectivity index (χ4v) is 8.47. The number of thioether (sulfide) groups is 1. The zero-order valence-electron chi connectivity index (χ0n) is 25.9. The number of ketones is 1. The topological polar surface area (TPSA) is 115 Å². The highest BCUT2D eigenvalue weighted by molar-refractivity contribution is 8.00. The lowest BCUT2D eigenvalue weighted by molar-refractivity contribution is -0.117. The van der Waals surface area contributed by atoms with E-state index >= 15 is 0 Å². The van der Waals surface area contributed by atoms with E-state index in [-0.39, 0.29) is 10.7 Å². The smallest absolute Gasteiger partial charge is 0.296 e. The van der Waals surface area contributed by atoms with Gasteiger partial charge in [-0.1, -0.05) is 88.8 Å². The summed E-state index contributed by atoms with van der Waals surface area (Å²) in [5.41, 5.74) is 2.80. The molecule has 0 fully saturated rings. The molecule has 5 aromatic rings. The number of thiazole rings is 1. The van der Waals surface area contributed by atoms with E-state index < -0.39 is 23.5 Å². The first-order valence-corrected chi connectivity index (χ1v) is 18.1. The maximum Gasteiger partial charge on any atom is 0.296 e. The standard InChI is InChI=1S/C34H28Cl2N4O5S3/c1-4-44-26-14-21(11-13-25(26)45-16-20-8-6-5-7-9-20)28-27(29(41)31-18(2)37-19(3)47-31)30(42)32(43)40(28)33-38-39-34(48-33)46-17-22-10-12-23(35)15-24(22)36/h5-15,28,42H,4,16-17H2,1-3H3. The van der Waals surface area contributed by atoms with Crippen molar-refractivity contribution in [2.24, 2.45) is 0 Å². The minimum atomic E-state index is -1.04. The Morgan fingerprint density at radius 2 is 1.79 bits per heavy atom. The van der Waals surface area contributed by atoms with Gasteiger partial charge in [-0.05, 0) is 61.7 Å². The summed E-state index contributed by atoms with van der Waals surface area (Å²) < 4.78 is 12.6. The van der Waals surface area contributed by atoms with Crippen molar-refractivity contribution in [2.45, 2.75) is 43.5 Å². The monoisotopic (exact) mass is 738 g/mol. The number of halogens is 2. The first kappa shape index (κ1) is 33.9. The molecule has 1 unspecified atom stereocenters. The molecule has 14 heteroatoms. The zero-order chi connectivity index (χ0) is 33.9. The van der Waals surface area contributed by atoms with E-state index in [9.17, 15) is 14.7 Å². The second kappa shape index (κ2) is 14.7. The Morgan fingerprint density at radius 1 is 1.00 bits per heavy atom. The van der Waals surface area contributed by atoms with Crippen molar-refractivity contribution in [3.05, 3.63) is 120 Å². The lowest BCUT2D eigenvalue weighted by Gasteiger charge is -2.25. The lowest BCUT2D eigenvalue weighted by Crippen LogP contribution is -2.31. The minimum absolute atomic E-state index is 0.0792. The van der Waals surface area contributed by atoms with Crippen LogP contribution < -0.4 is 14.4 Å². The summed E-state index contributed by atoms with van der Waals surface area (Å²) in [6.07, 6.45) is 0. The van der Waals surface area contributed by atoms with Crippen molar-refractivity contribution in [1.29, 1.82) is 0 Å². The summed E-state index contributed by atoms with van der Waals surface area (Å²) in [6, 6.07) is 19.2. The number of aliphatic hydroxyl groups excluding tert-OH is 1. The average Bonchev–Trinajstić information content (AvgIpc) is 3.75.